The first kappa shape index (κ1) is 15.9. The maximum absolute atomic E-state index is 12.6. The van der Waals surface area contributed by atoms with Crippen LogP contribution in [0.25, 0.3) is 0 Å². The number of hydrogen-bond acceptors (Lipinski definition) is 2. The summed E-state index contributed by atoms with van der Waals surface area (Å²) in [5, 5.41) is 0.608. The molecule has 0 radical (unpaired) electrons. The lowest BCUT2D eigenvalue weighted by Gasteiger charge is -2.22. The van der Waals surface area contributed by atoms with Crippen molar-refractivity contribution in [3.05, 3.63) is 59.6 Å². The van der Waals surface area contributed by atoms with Crippen LogP contribution in [0.15, 0.2) is 59.5 Å². The van der Waals surface area contributed by atoms with E-state index < -0.39 is 0 Å². The summed E-state index contributed by atoms with van der Waals surface area (Å²) in [5.74, 6) is 0.114. The van der Waals surface area contributed by atoms with E-state index in [-0.39, 0.29) is 11.2 Å². The Hall–Kier alpha value is -1.45. The van der Waals surface area contributed by atoms with Gasteiger partial charge in [0.2, 0.25) is 5.91 Å². The van der Waals surface area contributed by atoms with E-state index in [0.29, 0.717) is 5.02 Å². The Morgan fingerprint density at radius 2 is 1.76 bits per heavy atom. The summed E-state index contributed by atoms with van der Waals surface area (Å²) in [4.78, 5) is 15.4. The summed E-state index contributed by atoms with van der Waals surface area (Å²) in [6, 6.07) is 17.3. The zero-order valence-corrected chi connectivity index (χ0v) is 13.7. The molecule has 0 heterocycles. The van der Waals surface area contributed by atoms with Gasteiger partial charge in [0.15, 0.2) is 0 Å². The Morgan fingerprint density at radius 3 is 2.33 bits per heavy atom. The van der Waals surface area contributed by atoms with Gasteiger partial charge in [-0.2, -0.15) is 0 Å². The van der Waals surface area contributed by atoms with E-state index in [4.69, 9.17) is 11.6 Å². The minimum absolute atomic E-state index is 0.101. The molecule has 2 aromatic rings. The SMILES string of the molecule is CCC(Sc1ccc(Cl)cc1)C(=O)N(C)c1ccccc1. The van der Waals surface area contributed by atoms with Crippen molar-refractivity contribution in [2.24, 2.45) is 0 Å². The first-order valence-corrected chi connectivity index (χ1v) is 8.12. The Bertz CT molecular complexity index is 585. The zero-order valence-electron chi connectivity index (χ0n) is 12.1. The molecular formula is C17H18ClNOS. The van der Waals surface area contributed by atoms with Gasteiger partial charge < -0.3 is 4.90 Å². The molecule has 1 atom stereocenters. The molecule has 0 aromatic heterocycles. The number of halogens is 1. The number of para-hydroxylation sites is 1. The largest absolute Gasteiger partial charge is 0.315 e. The molecule has 0 spiro atoms. The smallest absolute Gasteiger partial charge is 0.240 e. The highest BCUT2D eigenvalue weighted by molar-refractivity contribution is 8.00. The summed E-state index contributed by atoms with van der Waals surface area (Å²) in [5.41, 5.74) is 0.914. The molecule has 1 amide bonds. The fraction of sp³-hybridized carbons (Fsp3) is 0.235. The summed E-state index contributed by atoms with van der Waals surface area (Å²) >= 11 is 7.47. The van der Waals surface area contributed by atoms with E-state index in [1.54, 1.807) is 16.7 Å². The number of anilines is 1. The molecule has 110 valence electrons. The van der Waals surface area contributed by atoms with Crippen LogP contribution in [-0.4, -0.2) is 18.2 Å². The molecule has 2 rings (SSSR count). The van der Waals surface area contributed by atoms with Crippen molar-refractivity contribution in [2.75, 3.05) is 11.9 Å². The lowest BCUT2D eigenvalue weighted by atomic mass is 10.2. The Kier molecular flexibility index (Phi) is 5.71. The minimum atomic E-state index is -0.101. The van der Waals surface area contributed by atoms with Gasteiger partial charge in [0.1, 0.15) is 0 Å². The first-order valence-electron chi connectivity index (χ1n) is 6.86. The number of benzene rings is 2. The van der Waals surface area contributed by atoms with Gasteiger partial charge in [-0.15, -0.1) is 11.8 Å². The average molecular weight is 320 g/mol. The molecule has 0 aliphatic carbocycles. The number of carbonyl (C=O) groups excluding carboxylic acids is 1. The molecule has 1 unspecified atom stereocenters. The van der Waals surface area contributed by atoms with Gasteiger partial charge >= 0.3 is 0 Å². The van der Waals surface area contributed by atoms with Crippen LogP contribution in [0, 0.1) is 0 Å². The topological polar surface area (TPSA) is 20.3 Å². The standard InChI is InChI=1S/C17H18ClNOS/c1-3-16(21-15-11-9-13(18)10-12-15)17(20)19(2)14-7-5-4-6-8-14/h4-12,16H,3H2,1-2H3. The maximum atomic E-state index is 12.6. The van der Waals surface area contributed by atoms with Crippen molar-refractivity contribution < 1.29 is 4.79 Å². The third kappa shape index (κ3) is 4.26. The molecule has 2 aromatic carbocycles. The molecule has 0 N–H and O–H groups in total. The molecule has 0 bridgehead atoms. The van der Waals surface area contributed by atoms with Crippen LogP contribution in [0.3, 0.4) is 0 Å². The second-order valence-electron chi connectivity index (χ2n) is 4.70. The van der Waals surface area contributed by atoms with E-state index in [0.717, 1.165) is 17.0 Å². The van der Waals surface area contributed by atoms with Gasteiger partial charge in [-0.05, 0) is 42.8 Å². The van der Waals surface area contributed by atoms with E-state index in [9.17, 15) is 4.79 Å². The van der Waals surface area contributed by atoms with Gasteiger partial charge in [-0.1, -0.05) is 36.7 Å². The van der Waals surface area contributed by atoms with Crippen molar-refractivity contribution in [1.82, 2.24) is 0 Å². The third-order valence-corrected chi connectivity index (χ3v) is 4.83. The molecular weight excluding hydrogens is 302 g/mol. The van der Waals surface area contributed by atoms with E-state index >= 15 is 0 Å². The van der Waals surface area contributed by atoms with Crippen molar-refractivity contribution in [3.8, 4) is 0 Å². The molecule has 0 fully saturated rings. The Labute approximate surface area is 135 Å². The van der Waals surface area contributed by atoms with Gasteiger partial charge in [-0.25, -0.2) is 0 Å². The molecule has 0 aliphatic rings. The van der Waals surface area contributed by atoms with Gasteiger partial charge in [-0.3, -0.25) is 4.79 Å². The second kappa shape index (κ2) is 7.53. The van der Waals surface area contributed by atoms with Crippen LogP contribution in [-0.2, 0) is 4.79 Å². The van der Waals surface area contributed by atoms with Crippen LogP contribution in [0.4, 0.5) is 5.69 Å². The predicted octanol–water partition coefficient (Wildman–Crippen LogP) is 4.87. The lowest BCUT2D eigenvalue weighted by molar-refractivity contribution is -0.117. The van der Waals surface area contributed by atoms with Crippen molar-refractivity contribution in [1.29, 1.82) is 0 Å². The van der Waals surface area contributed by atoms with Gasteiger partial charge in [0.05, 0.1) is 5.25 Å². The number of rotatable bonds is 5. The van der Waals surface area contributed by atoms with E-state index in [1.807, 2.05) is 68.6 Å². The Morgan fingerprint density at radius 1 is 1.14 bits per heavy atom. The highest BCUT2D eigenvalue weighted by Gasteiger charge is 2.22. The lowest BCUT2D eigenvalue weighted by Crippen LogP contribution is -2.34. The summed E-state index contributed by atoms with van der Waals surface area (Å²) < 4.78 is 0. The summed E-state index contributed by atoms with van der Waals surface area (Å²) in [6.07, 6.45) is 0.781. The van der Waals surface area contributed by atoms with Crippen molar-refractivity contribution >= 4 is 35.0 Å². The van der Waals surface area contributed by atoms with Gasteiger partial charge in [0.25, 0.3) is 0 Å². The van der Waals surface area contributed by atoms with Gasteiger partial charge in [0, 0.05) is 22.7 Å². The highest BCUT2D eigenvalue weighted by Crippen LogP contribution is 2.28. The van der Waals surface area contributed by atoms with E-state index in [2.05, 4.69) is 0 Å². The summed E-state index contributed by atoms with van der Waals surface area (Å²) in [6.45, 7) is 2.03. The normalized spacial score (nSPS) is 12.0. The molecule has 2 nitrogen and oxygen atoms in total. The quantitative estimate of drug-likeness (QED) is 0.732. The molecule has 0 aliphatic heterocycles. The van der Waals surface area contributed by atoms with Crippen LogP contribution in [0.2, 0.25) is 5.02 Å². The fourth-order valence-electron chi connectivity index (χ4n) is 1.98. The van der Waals surface area contributed by atoms with Crippen LogP contribution in [0.5, 0.6) is 0 Å². The monoisotopic (exact) mass is 319 g/mol. The molecule has 4 heteroatoms. The van der Waals surface area contributed by atoms with Crippen molar-refractivity contribution in [2.45, 2.75) is 23.5 Å². The highest BCUT2D eigenvalue weighted by atomic mass is 35.5. The number of nitrogens with zero attached hydrogens (tertiary/aromatic N) is 1. The van der Waals surface area contributed by atoms with Crippen LogP contribution < -0.4 is 4.90 Å². The van der Waals surface area contributed by atoms with Crippen molar-refractivity contribution in [3.63, 3.8) is 0 Å². The average Bonchev–Trinajstić information content (AvgIpc) is 2.54. The number of amides is 1. The van der Waals surface area contributed by atoms with Crippen LogP contribution in [0.1, 0.15) is 13.3 Å². The Balaban J connectivity index is 2.09. The molecule has 0 saturated carbocycles. The number of thioether (sulfide) groups is 1. The molecule has 21 heavy (non-hydrogen) atoms. The molecule has 0 saturated heterocycles. The number of carbonyl (C=O) groups is 1. The zero-order chi connectivity index (χ0) is 15.2. The maximum Gasteiger partial charge on any atom is 0.240 e. The summed E-state index contributed by atoms with van der Waals surface area (Å²) in [7, 11) is 1.82. The van der Waals surface area contributed by atoms with Crippen LogP contribution >= 0.6 is 23.4 Å². The first-order chi connectivity index (χ1) is 10.1. The predicted molar refractivity (Wildman–Crippen MR) is 91.2 cm³/mol. The van der Waals surface area contributed by atoms with E-state index in [1.165, 1.54) is 0 Å². The number of hydrogen-bond donors (Lipinski definition) is 0. The minimum Gasteiger partial charge on any atom is -0.315 e. The third-order valence-electron chi connectivity index (χ3n) is 3.21. The second-order valence-corrected chi connectivity index (χ2v) is 6.41. The fourth-order valence-corrected chi connectivity index (χ4v) is 3.15.